The highest BCUT2D eigenvalue weighted by Gasteiger charge is 2.27. The highest BCUT2D eigenvalue weighted by atomic mass is 32.2. The van der Waals surface area contributed by atoms with Crippen molar-refractivity contribution in [3.63, 3.8) is 0 Å². The van der Waals surface area contributed by atoms with Crippen LogP contribution in [0.5, 0.6) is 0 Å². The molecule has 0 bridgehead atoms. The summed E-state index contributed by atoms with van der Waals surface area (Å²) in [5, 5.41) is 2.01. The third kappa shape index (κ3) is 5.75. The molecule has 9 heteroatoms. The third-order valence-electron chi connectivity index (χ3n) is 4.51. The average molecular weight is 475 g/mol. The molecular weight excluding hydrogens is 452 g/mol. The first-order valence-corrected chi connectivity index (χ1v) is 13.0. The highest BCUT2D eigenvalue weighted by Crippen LogP contribution is 2.28. The van der Waals surface area contributed by atoms with Gasteiger partial charge in [-0.1, -0.05) is 18.2 Å². The molecule has 0 atom stereocenters. The van der Waals surface area contributed by atoms with Gasteiger partial charge in [0.1, 0.15) is 0 Å². The Morgan fingerprint density at radius 1 is 1.00 bits per heavy atom. The van der Waals surface area contributed by atoms with Crippen LogP contribution in [0.15, 0.2) is 70.3 Å². The van der Waals surface area contributed by atoms with Crippen LogP contribution in [0, 0.1) is 0 Å². The summed E-state index contributed by atoms with van der Waals surface area (Å²) in [5.41, 5.74) is 2.03. The van der Waals surface area contributed by atoms with E-state index in [1.165, 1.54) is 28.2 Å². The number of hydrogen-bond donors (Lipinski definition) is 0. The molecule has 2 aromatic carbocycles. The van der Waals surface area contributed by atoms with Gasteiger partial charge in [-0.3, -0.25) is 9.59 Å². The lowest BCUT2D eigenvalue weighted by molar-refractivity contribution is -0.116. The number of hydrogen-bond acceptors (Lipinski definition) is 6. The van der Waals surface area contributed by atoms with Crippen LogP contribution < -0.4 is 9.21 Å². The fourth-order valence-electron chi connectivity index (χ4n) is 2.86. The molecule has 0 aliphatic heterocycles. The molecule has 3 aromatic rings. The molecule has 0 saturated carbocycles. The molecule has 0 radical (unpaired) electrons. The van der Waals surface area contributed by atoms with E-state index in [4.69, 9.17) is 0 Å². The van der Waals surface area contributed by atoms with Gasteiger partial charge < -0.3 is 4.90 Å². The van der Waals surface area contributed by atoms with Crippen LogP contribution in [-0.2, 0) is 20.6 Å². The Morgan fingerprint density at radius 2 is 1.68 bits per heavy atom. The maximum atomic E-state index is 13.2. The summed E-state index contributed by atoms with van der Waals surface area (Å²) in [5.74, 6) is -0.105. The standard InChI is InChI=1S/C22H22N2O4S3/c1-16(25)23(2)19-9-11-20(12-10-19)24(31(3,27)28)22(26)18-7-4-6-17(14-18)15-30-21-8-5-13-29-21/h4-14H,15H2,1-3H3. The number of nitrogens with zero attached hydrogens (tertiary/aromatic N) is 2. The molecule has 0 aliphatic carbocycles. The summed E-state index contributed by atoms with van der Waals surface area (Å²) in [6.45, 7) is 1.43. The van der Waals surface area contributed by atoms with Crippen LogP contribution in [0.25, 0.3) is 0 Å². The van der Waals surface area contributed by atoms with E-state index in [9.17, 15) is 18.0 Å². The molecule has 3 rings (SSSR count). The van der Waals surface area contributed by atoms with Crippen molar-refractivity contribution in [3.05, 3.63) is 77.2 Å². The molecule has 162 valence electrons. The molecule has 1 aromatic heterocycles. The van der Waals surface area contributed by atoms with E-state index in [0.29, 0.717) is 17.0 Å². The zero-order valence-corrected chi connectivity index (χ0v) is 19.8. The summed E-state index contributed by atoms with van der Waals surface area (Å²) >= 11 is 3.31. The number of thioether (sulfide) groups is 1. The molecule has 0 saturated heterocycles. The van der Waals surface area contributed by atoms with Gasteiger partial charge in [-0.2, -0.15) is 0 Å². The van der Waals surface area contributed by atoms with E-state index in [2.05, 4.69) is 0 Å². The summed E-state index contributed by atoms with van der Waals surface area (Å²) in [4.78, 5) is 26.2. The second kappa shape index (κ2) is 9.67. The predicted molar refractivity (Wildman–Crippen MR) is 128 cm³/mol. The molecular formula is C22H22N2O4S3. The van der Waals surface area contributed by atoms with Gasteiger partial charge in [-0.25, -0.2) is 12.7 Å². The van der Waals surface area contributed by atoms with Gasteiger partial charge in [0.05, 0.1) is 16.2 Å². The van der Waals surface area contributed by atoms with Crippen molar-refractivity contribution in [2.24, 2.45) is 0 Å². The number of benzene rings is 2. The molecule has 0 fully saturated rings. The summed E-state index contributed by atoms with van der Waals surface area (Å²) < 4.78 is 26.9. The van der Waals surface area contributed by atoms with Crippen molar-refractivity contribution in [1.82, 2.24) is 0 Å². The van der Waals surface area contributed by atoms with Crippen LogP contribution in [0.1, 0.15) is 22.8 Å². The normalized spacial score (nSPS) is 11.2. The second-order valence-electron chi connectivity index (χ2n) is 6.85. The van der Waals surface area contributed by atoms with E-state index in [1.54, 1.807) is 60.5 Å². The number of carbonyl (C=O) groups is 2. The zero-order valence-electron chi connectivity index (χ0n) is 17.3. The Hall–Kier alpha value is -2.62. The smallest absolute Gasteiger partial charge is 0.272 e. The van der Waals surface area contributed by atoms with Gasteiger partial charge >= 0.3 is 0 Å². The molecule has 1 heterocycles. The fourth-order valence-corrected chi connectivity index (χ4v) is 5.50. The van der Waals surface area contributed by atoms with Gasteiger partial charge in [0, 0.05) is 31.0 Å². The highest BCUT2D eigenvalue weighted by molar-refractivity contribution is 8.00. The van der Waals surface area contributed by atoms with Crippen molar-refractivity contribution in [2.45, 2.75) is 16.9 Å². The minimum Gasteiger partial charge on any atom is -0.316 e. The first kappa shape index (κ1) is 23.1. The first-order valence-electron chi connectivity index (χ1n) is 9.31. The minimum atomic E-state index is -3.88. The lowest BCUT2D eigenvalue weighted by Gasteiger charge is -2.22. The number of amides is 2. The Labute approximate surface area is 190 Å². The summed E-state index contributed by atoms with van der Waals surface area (Å²) in [6, 6.07) is 17.3. The molecule has 0 spiro atoms. The van der Waals surface area contributed by atoms with Crippen LogP contribution in [0.3, 0.4) is 0 Å². The third-order valence-corrected chi connectivity index (χ3v) is 7.75. The quantitative estimate of drug-likeness (QED) is 0.467. The summed E-state index contributed by atoms with van der Waals surface area (Å²) in [6.07, 6.45) is 0.997. The van der Waals surface area contributed by atoms with E-state index in [0.717, 1.165) is 16.1 Å². The van der Waals surface area contributed by atoms with Gasteiger partial charge in [-0.05, 0) is 53.4 Å². The number of sulfonamides is 1. The Bertz CT molecular complexity index is 1170. The van der Waals surface area contributed by atoms with Gasteiger partial charge in [0.25, 0.3) is 5.91 Å². The Kier molecular flexibility index (Phi) is 7.19. The number of carbonyl (C=O) groups excluding carboxylic acids is 2. The number of thiophene rings is 1. The molecule has 0 aliphatic rings. The Morgan fingerprint density at radius 3 is 2.26 bits per heavy atom. The van der Waals surface area contributed by atoms with Gasteiger partial charge in [0.2, 0.25) is 15.9 Å². The van der Waals surface area contributed by atoms with E-state index in [1.807, 2.05) is 23.6 Å². The second-order valence-corrected chi connectivity index (χ2v) is 10.9. The van der Waals surface area contributed by atoms with Gasteiger partial charge in [-0.15, -0.1) is 23.1 Å². The van der Waals surface area contributed by atoms with Gasteiger partial charge in [0.15, 0.2) is 0 Å². The van der Waals surface area contributed by atoms with Crippen LogP contribution >= 0.6 is 23.1 Å². The maximum absolute atomic E-state index is 13.2. The van der Waals surface area contributed by atoms with Crippen molar-refractivity contribution >= 4 is 56.3 Å². The molecule has 31 heavy (non-hydrogen) atoms. The lowest BCUT2D eigenvalue weighted by Crippen LogP contribution is -2.36. The number of anilines is 2. The summed E-state index contributed by atoms with van der Waals surface area (Å²) in [7, 11) is -2.25. The number of rotatable bonds is 7. The molecule has 6 nitrogen and oxygen atoms in total. The first-order chi connectivity index (χ1) is 14.7. The average Bonchev–Trinajstić information content (AvgIpc) is 3.25. The SMILES string of the molecule is CC(=O)N(C)c1ccc(N(C(=O)c2cccc(CSc3cccs3)c2)S(C)(=O)=O)cc1. The van der Waals surface area contributed by atoms with Crippen molar-refractivity contribution in [2.75, 3.05) is 22.5 Å². The largest absolute Gasteiger partial charge is 0.316 e. The van der Waals surface area contributed by atoms with Crippen molar-refractivity contribution in [1.29, 1.82) is 0 Å². The fraction of sp³-hybridized carbons (Fsp3) is 0.182. The maximum Gasteiger partial charge on any atom is 0.272 e. The molecule has 0 N–H and O–H groups in total. The minimum absolute atomic E-state index is 0.152. The topological polar surface area (TPSA) is 74.8 Å². The molecule has 0 unspecified atom stereocenters. The van der Waals surface area contributed by atoms with Crippen LogP contribution in [0.4, 0.5) is 11.4 Å². The zero-order chi connectivity index (χ0) is 22.6. The predicted octanol–water partition coefficient (Wildman–Crippen LogP) is 4.63. The Balaban J connectivity index is 1.87. The lowest BCUT2D eigenvalue weighted by atomic mass is 10.1. The molecule has 2 amide bonds. The van der Waals surface area contributed by atoms with Crippen molar-refractivity contribution in [3.8, 4) is 0 Å². The van der Waals surface area contributed by atoms with Crippen LogP contribution in [-0.4, -0.2) is 33.5 Å². The monoisotopic (exact) mass is 474 g/mol. The van der Waals surface area contributed by atoms with E-state index < -0.39 is 15.9 Å². The van der Waals surface area contributed by atoms with E-state index in [-0.39, 0.29) is 11.6 Å². The van der Waals surface area contributed by atoms with Crippen LogP contribution in [0.2, 0.25) is 0 Å². The van der Waals surface area contributed by atoms with E-state index >= 15 is 0 Å². The van der Waals surface area contributed by atoms with Crippen molar-refractivity contribution < 1.29 is 18.0 Å².